The normalized spacial score (nSPS) is 12.2. The highest BCUT2D eigenvalue weighted by Gasteiger charge is 2.19. The van der Waals surface area contributed by atoms with E-state index in [2.05, 4.69) is 46.5 Å². The van der Waals surface area contributed by atoms with E-state index in [-0.39, 0.29) is 11.3 Å². The quantitative estimate of drug-likeness (QED) is 0.510. The van der Waals surface area contributed by atoms with Gasteiger partial charge in [-0.25, -0.2) is 5.43 Å². The van der Waals surface area contributed by atoms with E-state index in [0.29, 0.717) is 5.69 Å². The van der Waals surface area contributed by atoms with Gasteiger partial charge in [0.1, 0.15) is 0 Å². The molecule has 1 aromatic carbocycles. The molecular weight excluding hydrogens is 302 g/mol. The minimum Gasteiger partial charge on any atom is -0.358 e. The Morgan fingerprint density at radius 1 is 1.29 bits per heavy atom. The van der Waals surface area contributed by atoms with E-state index < -0.39 is 0 Å². The largest absolute Gasteiger partial charge is 0.358 e. The zero-order valence-corrected chi connectivity index (χ0v) is 14.3. The number of amides is 1. The fourth-order valence-electron chi connectivity index (χ4n) is 2.50. The van der Waals surface area contributed by atoms with Gasteiger partial charge in [0.25, 0.3) is 5.91 Å². The summed E-state index contributed by atoms with van der Waals surface area (Å²) in [5.41, 5.74) is 6.69. The molecule has 0 bridgehead atoms. The van der Waals surface area contributed by atoms with Gasteiger partial charge in [0, 0.05) is 33.3 Å². The summed E-state index contributed by atoms with van der Waals surface area (Å²) in [6, 6.07) is 9.73. The van der Waals surface area contributed by atoms with Crippen molar-refractivity contribution in [1.29, 1.82) is 0 Å². The average Bonchev–Trinajstić information content (AvgIpc) is 3.12. The van der Waals surface area contributed by atoms with Crippen molar-refractivity contribution in [1.82, 2.24) is 20.6 Å². The highest BCUT2D eigenvalue weighted by atomic mass is 16.2. The number of aryl methyl sites for hydroxylation is 1. The van der Waals surface area contributed by atoms with E-state index in [9.17, 15) is 4.79 Å². The first-order valence-electron chi connectivity index (χ1n) is 7.83. The molecule has 3 rings (SSSR count). The molecule has 0 atom stereocenters. The second-order valence-electron chi connectivity index (χ2n) is 6.83. The molecule has 3 aromatic rings. The Kier molecular flexibility index (Phi) is 3.97. The number of aromatic nitrogens is 3. The van der Waals surface area contributed by atoms with Crippen molar-refractivity contribution in [3.8, 4) is 0 Å². The third-order valence-electron chi connectivity index (χ3n) is 3.92. The van der Waals surface area contributed by atoms with Gasteiger partial charge >= 0.3 is 0 Å². The number of nitrogens with one attached hydrogen (secondary N) is 3. The van der Waals surface area contributed by atoms with Crippen LogP contribution in [-0.2, 0) is 5.41 Å². The van der Waals surface area contributed by atoms with E-state index in [1.807, 2.05) is 31.2 Å². The van der Waals surface area contributed by atoms with E-state index in [1.54, 1.807) is 12.3 Å². The number of carbonyl (C=O) groups excluding carboxylic acids is 1. The first-order valence-corrected chi connectivity index (χ1v) is 7.83. The summed E-state index contributed by atoms with van der Waals surface area (Å²) in [5.74, 6) is -0.338. The van der Waals surface area contributed by atoms with E-state index in [4.69, 9.17) is 0 Å². The molecule has 1 amide bonds. The maximum absolute atomic E-state index is 12.1. The summed E-state index contributed by atoms with van der Waals surface area (Å²) < 4.78 is 0. The number of hydrogen-bond acceptors (Lipinski definition) is 3. The lowest BCUT2D eigenvalue weighted by molar-refractivity contribution is 0.0950. The minimum absolute atomic E-state index is 0.0874. The van der Waals surface area contributed by atoms with Crippen molar-refractivity contribution in [2.45, 2.75) is 33.1 Å². The van der Waals surface area contributed by atoms with Gasteiger partial charge in [-0.1, -0.05) is 39.0 Å². The van der Waals surface area contributed by atoms with Gasteiger partial charge in [-0.2, -0.15) is 10.2 Å². The van der Waals surface area contributed by atoms with Crippen LogP contribution in [-0.4, -0.2) is 27.3 Å². The number of fused-ring (bicyclic) bond motifs is 1. The van der Waals surface area contributed by atoms with Crippen LogP contribution in [0.1, 0.15) is 48.2 Å². The number of aromatic amines is 2. The second kappa shape index (κ2) is 5.96. The zero-order valence-electron chi connectivity index (χ0n) is 14.3. The number of hydrazone groups is 1. The van der Waals surface area contributed by atoms with E-state index >= 15 is 0 Å². The van der Waals surface area contributed by atoms with Crippen LogP contribution < -0.4 is 5.43 Å². The third kappa shape index (κ3) is 3.08. The maximum atomic E-state index is 12.1. The van der Waals surface area contributed by atoms with Crippen LogP contribution in [0, 0.1) is 6.92 Å². The molecule has 0 saturated carbocycles. The molecule has 0 fully saturated rings. The van der Waals surface area contributed by atoms with E-state index in [0.717, 1.165) is 27.9 Å². The maximum Gasteiger partial charge on any atom is 0.291 e. The van der Waals surface area contributed by atoms with Gasteiger partial charge < -0.3 is 4.98 Å². The Balaban J connectivity index is 1.75. The molecule has 0 spiro atoms. The van der Waals surface area contributed by atoms with Crippen molar-refractivity contribution in [2.75, 3.05) is 0 Å². The summed E-state index contributed by atoms with van der Waals surface area (Å²) in [4.78, 5) is 15.4. The van der Waals surface area contributed by atoms with Crippen LogP contribution in [0.3, 0.4) is 0 Å². The first-order chi connectivity index (χ1) is 11.4. The SMILES string of the molecule is Cc1[nH]c2ccccc2c1/C=N/NC(=O)c1cc(C(C)(C)C)[nH]n1. The van der Waals surface area contributed by atoms with Crippen molar-refractivity contribution in [2.24, 2.45) is 5.10 Å². The summed E-state index contributed by atoms with van der Waals surface area (Å²) in [5, 5.41) is 12.1. The van der Waals surface area contributed by atoms with Gasteiger partial charge in [0.15, 0.2) is 5.69 Å². The van der Waals surface area contributed by atoms with Crippen molar-refractivity contribution in [3.05, 3.63) is 53.0 Å². The van der Waals surface area contributed by atoms with Crippen molar-refractivity contribution in [3.63, 3.8) is 0 Å². The molecule has 0 aliphatic rings. The Morgan fingerprint density at radius 2 is 2.04 bits per heavy atom. The molecule has 24 heavy (non-hydrogen) atoms. The molecule has 6 nitrogen and oxygen atoms in total. The predicted octanol–water partition coefficient (Wildman–Crippen LogP) is 3.26. The number of rotatable bonds is 3. The van der Waals surface area contributed by atoms with Gasteiger partial charge in [-0.3, -0.25) is 9.89 Å². The predicted molar refractivity (Wildman–Crippen MR) is 95.4 cm³/mol. The number of benzene rings is 1. The lowest BCUT2D eigenvalue weighted by Crippen LogP contribution is -2.18. The van der Waals surface area contributed by atoms with Crippen LogP contribution in [0.5, 0.6) is 0 Å². The number of H-pyrrole nitrogens is 2. The molecule has 124 valence electrons. The molecule has 0 unspecified atom stereocenters. The van der Waals surface area contributed by atoms with Crippen LogP contribution in [0.25, 0.3) is 10.9 Å². The first kappa shape index (κ1) is 16.0. The molecule has 2 aromatic heterocycles. The highest BCUT2D eigenvalue weighted by molar-refractivity contribution is 6.01. The molecule has 0 aliphatic heterocycles. The summed E-state index contributed by atoms with van der Waals surface area (Å²) in [6.07, 6.45) is 1.66. The smallest absolute Gasteiger partial charge is 0.291 e. The molecule has 0 radical (unpaired) electrons. The number of hydrogen-bond donors (Lipinski definition) is 3. The monoisotopic (exact) mass is 323 g/mol. The summed E-state index contributed by atoms with van der Waals surface area (Å²) >= 11 is 0. The second-order valence-corrected chi connectivity index (χ2v) is 6.83. The molecule has 0 saturated heterocycles. The Hall–Kier alpha value is -2.89. The Morgan fingerprint density at radius 3 is 2.75 bits per heavy atom. The van der Waals surface area contributed by atoms with Gasteiger partial charge in [-0.05, 0) is 19.1 Å². The van der Waals surface area contributed by atoms with Crippen molar-refractivity contribution < 1.29 is 4.79 Å². The van der Waals surface area contributed by atoms with Gasteiger partial charge in [-0.15, -0.1) is 0 Å². The van der Waals surface area contributed by atoms with Crippen LogP contribution in [0.4, 0.5) is 0 Å². The minimum atomic E-state index is -0.338. The third-order valence-corrected chi connectivity index (χ3v) is 3.92. The average molecular weight is 323 g/mol. The molecule has 6 heteroatoms. The Labute approximate surface area is 140 Å². The lowest BCUT2D eigenvalue weighted by atomic mass is 9.92. The Bertz CT molecular complexity index is 911. The number of para-hydroxylation sites is 1. The van der Waals surface area contributed by atoms with Crippen LogP contribution in [0.15, 0.2) is 35.4 Å². The van der Waals surface area contributed by atoms with Crippen LogP contribution >= 0.6 is 0 Å². The fraction of sp³-hybridized carbons (Fsp3) is 0.278. The van der Waals surface area contributed by atoms with Gasteiger partial charge in [0.2, 0.25) is 0 Å². The van der Waals surface area contributed by atoms with Crippen molar-refractivity contribution >= 4 is 23.0 Å². The molecule has 2 heterocycles. The summed E-state index contributed by atoms with van der Waals surface area (Å²) in [7, 11) is 0. The fourth-order valence-corrected chi connectivity index (χ4v) is 2.50. The number of carbonyl (C=O) groups is 1. The van der Waals surface area contributed by atoms with E-state index in [1.165, 1.54) is 0 Å². The number of nitrogens with zero attached hydrogens (tertiary/aromatic N) is 2. The standard InChI is InChI=1S/C18H21N5O/c1-11-13(12-7-5-6-8-14(12)20-11)10-19-23-17(24)15-9-16(22-21-15)18(2,3)4/h5-10,20H,1-4H3,(H,21,22)(H,23,24)/b19-10+. The van der Waals surface area contributed by atoms with Crippen LogP contribution in [0.2, 0.25) is 0 Å². The topological polar surface area (TPSA) is 85.9 Å². The van der Waals surface area contributed by atoms with Gasteiger partial charge in [0.05, 0.1) is 6.21 Å². The molecule has 3 N–H and O–H groups in total. The summed E-state index contributed by atoms with van der Waals surface area (Å²) in [6.45, 7) is 8.15. The lowest BCUT2D eigenvalue weighted by Gasteiger charge is -2.14. The highest BCUT2D eigenvalue weighted by Crippen LogP contribution is 2.21. The molecular formula is C18H21N5O. The molecule has 0 aliphatic carbocycles. The zero-order chi connectivity index (χ0) is 17.3.